The van der Waals surface area contributed by atoms with E-state index in [1.165, 1.54) is 0 Å². The van der Waals surface area contributed by atoms with Gasteiger partial charge in [-0.2, -0.15) is 0 Å². The molecule has 0 bridgehead atoms. The topological polar surface area (TPSA) is 101 Å². The zero-order valence-electron chi connectivity index (χ0n) is 17.9. The van der Waals surface area contributed by atoms with Crippen molar-refractivity contribution >= 4 is 34.4 Å². The maximum Gasteiger partial charge on any atom is 0.255 e. The van der Waals surface area contributed by atoms with E-state index in [1.54, 1.807) is 30.0 Å². The second-order valence-corrected chi connectivity index (χ2v) is 9.29. The summed E-state index contributed by atoms with van der Waals surface area (Å²) < 4.78 is 7.03. The molecule has 2 aliphatic rings. The highest BCUT2D eigenvalue weighted by Gasteiger charge is 2.28. The predicted octanol–water partition coefficient (Wildman–Crippen LogP) is 2.89. The molecule has 33 heavy (non-hydrogen) atoms. The van der Waals surface area contributed by atoms with Gasteiger partial charge in [0.15, 0.2) is 5.16 Å². The standard InChI is InChI=1S/C23H23N7O2S/c31-22(15-5-6-19-20(11-15)28-32-27-19)25-18-4-2-1-3-17(18)21-13-30-16(14-33-23(30)26-21)12-29-9-7-24-8-10-29/h1-6,11,13,16,24H,7-10,12,14H2,(H,25,31). The van der Waals surface area contributed by atoms with Crippen LogP contribution >= 0.6 is 11.8 Å². The molecule has 10 heteroatoms. The average molecular weight is 462 g/mol. The van der Waals surface area contributed by atoms with Crippen LogP contribution in [0.1, 0.15) is 16.4 Å². The number of nitrogens with zero attached hydrogens (tertiary/aromatic N) is 5. The van der Waals surface area contributed by atoms with Crippen molar-refractivity contribution in [1.29, 1.82) is 0 Å². The molecule has 6 rings (SSSR count). The third kappa shape index (κ3) is 4.01. The van der Waals surface area contributed by atoms with Gasteiger partial charge in [-0.1, -0.05) is 30.0 Å². The number of piperazine rings is 1. The molecule has 4 aromatic rings. The highest BCUT2D eigenvalue weighted by atomic mass is 32.2. The Kier molecular flexibility index (Phi) is 5.33. The lowest BCUT2D eigenvalue weighted by Gasteiger charge is -2.29. The second-order valence-electron chi connectivity index (χ2n) is 8.30. The Balaban J connectivity index is 1.24. The van der Waals surface area contributed by atoms with E-state index in [9.17, 15) is 4.79 Å². The van der Waals surface area contributed by atoms with Crippen molar-refractivity contribution in [3.05, 3.63) is 54.2 Å². The number of hydrogen-bond acceptors (Lipinski definition) is 8. The van der Waals surface area contributed by atoms with E-state index >= 15 is 0 Å². The van der Waals surface area contributed by atoms with Crippen LogP contribution in [0.2, 0.25) is 0 Å². The molecule has 0 aliphatic carbocycles. The number of fused-ring (bicyclic) bond motifs is 2. The van der Waals surface area contributed by atoms with Gasteiger partial charge in [0.25, 0.3) is 5.91 Å². The molecule has 2 aromatic carbocycles. The summed E-state index contributed by atoms with van der Waals surface area (Å²) in [7, 11) is 0. The first-order valence-electron chi connectivity index (χ1n) is 11.0. The monoisotopic (exact) mass is 461 g/mol. The summed E-state index contributed by atoms with van der Waals surface area (Å²) in [5.41, 5.74) is 4.16. The van der Waals surface area contributed by atoms with E-state index in [2.05, 4.69) is 36.6 Å². The number of carbonyl (C=O) groups is 1. The third-order valence-corrected chi connectivity index (χ3v) is 7.25. The lowest BCUT2D eigenvalue weighted by Crippen LogP contribution is -2.45. The fourth-order valence-corrected chi connectivity index (χ4v) is 5.51. The Morgan fingerprint density at radius 2 is 2.00 bits per heavy atom. The highest BCUT2D eigenvalue weighted by molar-refractivity contribution is 7.99. The molecule has 0 radical (unpaired) electrons. The third-order valence-electron chi connectivity index (χ3n) is 6.14. The quantitative estimate of drug-likeness (QED) is 0.468. The van der Waals surface area contributed by atoms with E-state index in [0.29, 0.717) is 22.6 Å². The summed E-state index contributed by atoms with van der Waals surface area (Å²) in [4.78, 5) is 20.4. The van der Waals surface area contributed by atoms with Gasteiger partial charge in [0.2, 0.25) is 0 Å². The van der Waals surface area contributed by atoms with Crippen molar-refractivity contribution in [2.45, 2.75) is 11.2 Å². The van der Waals surface area contributed by atoms with Gasteiger partial charge in [-0.15, -0.1) is 0 Å². The van der Waals surface area contributed by atoms with E-state index in [4.69, 9.17) is 9.61 Å². The minimum absolute atomic E-state index is 0.218. The van der Waals surface area contributed by atoms with Gasteiger partial charge >= 0.3 is 0 Å². The molecule has 2 N–H and O–H groups in total. The van der Waals surface area contributed by atoms with E-state index in [-0.39, 0.29) is 5.91 Å². The molecular weight excluding hydrogens is 438 g/mol. The second kappa shape index (κ2) is 8.62. The van der Waals surface area contributed by atoms with Crippen LogP contribution in [0.5, 0.6) is 0 Å². The van der Waals surface area contributed by atoms with Gasteiger partial charge in [0.05, 0.1) is 17.4 Å². The number of aromatic nitrogens is 4. The summed E-state index contributed by atoms with van der Waals surface area (Å²) in [5.74, 6) is 0.828. The summed E-state index contributed by atoms with van der Waals surface area (Å²) in [5, 5.41) is 15.1. The number of imidazole rings is 1. The number of para-hydroxylation sites is 1. The number of amides is 1. The van der Waals surface area contributed by atoms with Crippen molar-refractivity contribution in [3.63, 3.8) is 0 Å². The number of nitrogens with one attached hydrogen (secondary N) is 2. The first kappa shape index (κ1) is 20.4. The number of carbonyl (C=O) groups excluding carboxylic acids is 1. The van der Waals surface area contributed by atoms with Gasteiger partial charge < -0.3 is 15.2 Å². The van der Waals surface area contributed by atoms with Crippen molar-refractivity contribution in [2.24, 2.45) is 0 Å². The van der Waals surface area contributed by atoms with Crippen LogP contribution < -0.4 is 10.6 Å². The lowest BCUT2D eigenvalue weighted by molar-refractivity contribution is 0.102. The zero-order chi connectivity index (χ0) is 22.2. The Morgan fingerprint density at radius 1 is 1.15 bits per heavy atom. The van der Waals surface area contributed by atoms with Crippen LogP contribution in [0.25, 0.3) is 22.3 Å². The predicted molar refractivity (Wildman–Crippen MR) is 126 cm³/mol. The lowest BCUT2D eigenvalue weighted by atomic mass is 10.1. The Hall–Kier alpha value is -3.21. The van der Waals surface area contributed by atoms with Gasteiger partial charge in [-0.05, 0) is 34.6 Å². The molecule has 0 spiro atoms. The van der Waals surface area contributed by atoms with Crippen molar-refractivity contribution in [1.82, 2.24) is 30.1 Å². The molecular formula is C23H23N7O2S. The fourth-order valence-electron chi connectivity index (χ4n) is 4.39. The Morgan fingerprint density at radius 3 is 2.91 bits per heavy atom. The highest BCUT2D eigenvalue weighted by Crippen LogP contribution is 2.37. The van der Waals surface area contributed by atoms with Gasteiger partial charge in [-0.25, -0.2) is 9.61 Å². The molecule has 1 unspecified atom stereocenters. The molecule has 1 saturated heterocycles. The average Bonchev–Trinajstić information content (AvgIpc) is 3.57. The van der Waals surface area contributed by atoms with Crippen LogP contribution in [0.15, 0.2) is 58.4 Å². The smallest absolute Gasteiger partial charge is 0.255 e. The molecule has 0 saturated carbocycles. The molecule has 168 valence electrons. The van der Waals surface area contributed by atoms with Crippen LogP contribution in [-0.2, 0) is 0 Å². The van der Waals surface area contributed by atoms with Crippen LogP contribution in [0, 0.1) is 0 Å². The van der Waals surface area contributed by atoms with Gasteiger partial charge in [0.1, 0.15) is 11.0 Å². The molecule has 4 heterocycles. The van der Waals surface area contributed by atoms with E-state index < -0.39 is 0 Å². The molecule has 1 fully saturated rings. The summed E-state index contributed by atoms with van der Waals surface area (Å²) >= 11 is 1.80. The maximum atomic E-state index is 12.9. The SMILES string of the molecule is O=C(Nc1ccccc1-c1cn2c(n1)SCC2CN1CCNCC1)c1ccc2nonc2c1. The first-order chi connectivity index (χ1) is 16.2. The van der Waals surface area contributed by atoms with Crippen molar-refractivity contribution in [3.8, 4) is 11.3 Å². The summed E-state index contributed by atoms with van der Waals surface area (Å²) in [6.45, 7) is 5.31. The van der Waals surface area contributed by atoms with Crippen LogP contribution in [0.3, 0.4) is 0 Å². The van der Waals surface area contributed by atoms with E-state index in [1.807, 2.05) is 24.3 Å². The molecule has 1 atom stereocenters. The van der Waals surface area contributed by atoms with Crippen molar-refractivity contribution < 1.29 is 9.42 Å². The molecule has 2 aromatic heterocycles. The normalized spacial score (nSPS) is 18.5. The number of anilines is 1. The fraction of sp³-hybridized carbons (Fsp3) is 0.304. The number of rotatable bonds is 5. The molecule has 1 amide bonds. The van der Waals surface area contributed by atoms with Crippen LogP contribution in [0.4, 0.5) is 5.69 Å². The number of hydrogen-bond donors (Lipinski definition) is 2. The van der Waals surface area contributed by atoms with Gasteiger partial charge in [-0.3, -0.25) is 9.69 Å². The minimum Gasteiger partial charge on any atom is -0.321 e. The largest absolute Gasteiger partial charge is 0.321 e. The summed E-state index contributed by atoms with van der Waals surface area (Å²) in [6, 6.07) is 13.3. The number of benzene rings is 2. The Bertz CT molecular complexity index is 1310. The maximum absolute atomic E-state index is 12.9. The number of thioether (sulfide) groups is 1. The zero-order valence-corrected chi connectivity index (χ0v) is 18.7. The van der Waals surface area contributed by atoms with E-state index in [0.717, 1.165) is 60.6 Å². The Labute approximate surface area is 194 Å². The molecule has 9 nitrogen and oxygen atoms in total. The van der Waals surface area contributed by atoms with Crippen LogP contribution in [-0.4, -0.2) is 69.1 Å². The molecule has 2 aliphatic heterocycles. The van der Waals surface area contributed by atoms with Gasteiger partial charge in [0, 0.05) is 55.8 Å². The minimum atomic E-state index is -0.218. The first-order valence-corrected chi connectivity index (χ1v) is 12.0. The summed E-state index contributed by atoms with van der Waals surface area (Å²) in [6.07, 6.45) is 2.13. The van der Waals surface area contributed by atoms with Crippen molar-refractivity contribution in [2.75, 3.05) is 43.8 Å².